The van der Waals surface area contributed by atoms with Crippen molar-refractivity contribution in [2.45, 2.75) is 18.0 Å². The fourth-order valence-corrected chi connectivity index (χ4v) is 2.03. The summed E-state index contributed by atoms with van der Waals surface area (Å²) in [4.78, 5) is 8.17. The van der Waals surface area contributed by atoms with E-state index in [4.69, 9.17) is 5.26 Å². The molecule has 0 spiro atoms. The van der Waals surface area contributed by atoms with Gasteiger partial charge in [-0.15, -0.1) is 0 Å². The predicted molar refractivity (Wildman–Crippen MR) is 50.0 cm³/mol. The molecule has 3 nitrogen and oxygen atoms in total. The molecular formula is C9H9N3S. The molecule has 13 heavy (non-hydrogen) atoms. The molecule has 0 radical (unpaired) electrons. The van der Waals surface area contributed by atoms with Crippen LogP contribution < -0.4 is 0 Å². The van der Waals surface area contributed by atoms with E-state index in [0.717, 1.165) is 23.8 Å². The van der Waals surface area contributed by atoms with Crippen molar-refractivity contribution in [2.75, 3.05) is 5.75 Å². The van der Waals surface area contributed by atoms with Gasteiger partial charge in [0.05, 0.1) is 11.5 Å². The van der Waals surface area contributed by atoms with E-state index in [1.165, 1.54) is 0 Å². The molecule has 0 amide bonds. The first-order valence-electron chi connectivity index (χ1n) is 4.16. The lowest BCUT2D eigenvalue weighted by atomic mass is 10.2. The zero-order chi connectivity index (χ0) is 9.15. The molecule has 66 valence electrons. The zero-order valence-electron chi connectivity index (χ0n) is 7.10. The minimum absolute atomic E-state index is 0.0656. The number of hydrogen-bond donors (Lipinski definition) is 0. The van der Waals surface area contributed by atoms with Crippen LogP contribution in [0.3, 0.4) is 0 Å². The largest absolute Gasteiger partial charge is 0.231 e. The first-order valence-corrected chi connectivity index (χ1v) is 5.14. The molecule has 1 aromatic heterocycles. The summed E-state index contributed by atoms with van der Waals surface area (Å²) in [6.07, 6.45) is 5.51. The number of nitriles is 1. The second kappa shape index (κ2) is 3.35. The van der Waals surface area contributed by atoms with Gasteiger partial charge in [-0.2, -0.15) is 5.26 Å². The maximum absolute atomic E-state index is 8.83. The van der Waals surface area contributed by atoms with Gasteiger partial charge in [0.25, 0.3) is 0 Å². The highest BCUT2D eigenvalue weighted by Gasteiger charge is 2.43. The minimum atomic E-state index is -0.0656. The van der Waals surface area contributed by atoms with E-state index in [9.17, 15) is 0 Å². The molecule has 0 aliphatic heterocycles. The zero-order valence-corrected chi connectivity index (χ0v) is 7.92. The third-order valence-electron chi connectivity index (χ3n) is 2.11. The van der Waals surface area contributed by atoms with Gasteiger partial charge < -0.3 is 0 Å². The van der Waals surface area contributed by atoms with E-state index in [1.54, 1.807) is 30.2 Å². The van der Waals surface area contributed by atoms with E-state index in [-0.39, 0.29) is 5.41 Å². The first-order chi connectivity index (χ1) is 6.35. The predicted octanol–water partition coefficient (Wildman–Crippen LogP) is 1.87. The van der Waals surface area contributed by atoms with Crippen LogP contribution in [-0.2, 0) is 0 Å². The smallest absolute Gasteiger partial charge is 0.187 e. The van der Waals surface area contributed by atoms with Crippen LogP contribution in [0.2, 0.25) is 0 Å². The molecule has 1 heterocycles. The van der Waals surface area contributed by atoms with Crippen LogP contribution in [0.4, 0.5) is 0 Å². The van der Waals surface area contributed by atoms with Crippen molar-refractivity contribution in [2.24, 2.45) is 5.41 Å². The number of aromatic nitrogens is 2. The van der Waals surface area contributed by atoms with Crippen LogP contribution in [0.25, 0.3) is 0 Å². The van der Waals surface area contributed by atoms with Gasteiger partial charge in [-0.05, 0) is 18.9 Å². The number of hydrogen-bond acceptors (Lipinski definition) is 4. The lowest BCUT2D eigenvalue weighted by molar-refractivity contribution is 0.778. The fraction of sp³-hybridized carbons (Fsp3) is 0.444. The highest BCUT2D eigenvalue weighted by molar-refractivity contribution is 7.99. The second-order valence-electron chi connectivity index (χ2n) is 3.21. The van der Waals surface area contributed by atoms with Crippen LogP contribution in [0.15, 0.2) is 23.6 Å². The molecule has 0 bridgehead atoms. The summed E-state index contributed by atoms with van der Waals surface area (Å²) in [5.74, 6) is 0.827. The number of nitrogens with zero attached hydrogens (tertiary/aromatic N) is 3. The maximum Gasteiger partial charge on any atom is 0.187 e. The topological polar surface area (TPSA) is 49.6 Å². The van der Waals surface area contributed by atoms with Gasteiger partial charge in [-0.25, -0.2) is 9.97 Å². The lowest BCUT2D eigenvalue weighted by Gasteiger charge is -2.02. The monoisotopic (exact) mass is 191 g/mol. The van der Waals surface area contributed by atoms with Crippen molar-refractivity contribution in [1.82, 2.24) is 9.97 Å². The Kier molecular flexibility index (Phi) is 2.19. The van der Waals surface area contributed by atoms with Crippen molar-refractivity contribution in [3.8, 4) is 6.07 Å². The standard InChI is InChI=1S/C9H9N3S/c10-6-9(2-3-9)7-13-8-11-4-1-5-12-8/h1,4-5H,2-3,7H2. The SMILES string of the molecule is N#CC1(CSc2ncccn2)CC1. The molecule has 1 saturated carbocycles. The third-order valence-corrected chi connectivity index (χ3v) is 3.28. The molecule has 1 aliphatic carbocycles. The Hall–Kier alpha value is -1.08. The van der Waals surface area contributed by atoms with Crippen LogP contribution >= 0.6 is 11.8 Å². The highest BCUT2D eigenvalue weighted by Crippen LogP contribution is 2.47. The Bertz CT molecular complexity index is 326. The Labute approximate surface area is 81.2 Å². The molecule has 1 fully saturated rings. The number of thioether (sulfide) groups is 1. The quantitative estimate of drug-likeness (QED) is 0.540. The normalized spacial score (nSPS) is 17.8. The van der Waals surface area contributed by atoms with Gasteiger partial charge in [-0.3, -0.25) is 0 Å². The molecule has 0 atom stereocenters. The van der Waals surface area contributed by atoms with Gasteiger partial charge in [0.2, 0.25) is 0 Å². The van der Waals surface area contributed by atoms with E-state index < -0.39 is 0 Å². The summed E-state index contributed by atoms with van der Waals surface area (Å²) in [7, 11) is 0. The van der Waals surface area contributed by atoms with Crippen LogP contribution in [0.5, 0.6) is 0 Å². The third kappa shape index (κ3) is 1.99. The summed E-state index contributed by atoms with van der Waals surface area (Å²) in [5.41, 5.74) is -0.0656. The van der Waals surface area contributed by atoms with E-state index in [0.29, 0.717) is 0 Å². The Balaban J connectivity index is 1.91. The Morgan fingerprint density at radius 1 is 1.46 bits per heavy atom. The van der Waals surface area contributed by atoms with Crippen LogP contribution in [0, 0.1) is 16.7 Å². The fourth-order valence-electron chi connectivity index (χ4n) is 1.00. The second-order valence-corrected chi connectivity index (χ2v) is 4.15. The average molecular weight is 191 g/mol. The van der Waals surface area contributed by atoms with Crippen LogP contribution in [0.1, 0.15) is 12.8 Å². The maximum atomic E-state index is 8.83. The Morgan fingerprint density at radius 2 is 2.15 bits per heavy atom. The minimum Gasteiger partial charge on any atom is -0.231 e. The molecule has 1 aromatic rings. The Morgan fingerprint density at radius 3 is 2.69 bits per heavy atom. The van der Waals surface area contributed by atoms with Crippen molar-refractivity contribution < 1.29 is 0 Å². The summed E-state index contributed by atoms with van der Waals surface area (Å²) < 4.78 is 0. The van der Waals surface area contributed by atoms with Gasteiger partial charge >= 0.3 is 0 Å². The van der Waals surface area contributed by atoms with Crippen LogP contribution in [-0.4, -0.2) is 15.7 Å². The van der Waals surface area contributed by atoms with Gasteiger partial charge in [-0.1, -0.05) is 11.8 Å². The molecule has 4 heteroatoms. The van der Waals surface area contributed by atoms with Gasteiger partial charge in [0, 0.05) is 18.1 Å². The summed E-state index contributed by atoms with van der Waals surface area (Å²) in [6, 6.07) is 4.14. The van der Waals surface area contributed by atoms with Crippen molar-refractivity contribution in [3.05, 3.63) is 18.5 Å². The lowest BCUT2D eigenvalue weighted by Crippen LogP contribution is -2.00. The first kappa shape index (κ1) is 8.52. The van der Waals surface area contributed by atoms with Gasteiger partial charge in [0.1, 0.15) is 0 Å². The summed E-state index contributed by atoms with van der Waals surface area (Å²) >= 11 is 1.57. The summed E-state index contributed by atoms with van der Waals surface area (Å²) in [6.45, 7) is 0. The van der Waals surface area contributed by atoms with Gasteiger partial charge in [0.15, 0.2) is 5.16 Å². The van der Waals surface area contributed by atoms with E-state index >= 15 is 0 Å². The molecule has 1 aliphatic rings. The summed E-state index contributed by atoms with van der Waals surface area (Å²) in [5, 5.41) is 9.60. The average Bonchev–Trinajstić information content (AvgIpc) is 2.97. The van der Waals surface area contributed by atoms with Crippen molar-refractivity contribution in [3.63, 3.8) is 0 Å². The molecule has 0 unspecified atom stereocenters. The molecular weight excluding hydrogens is 182 g/mol. The molecule has 0 aromatic carbocycles. The van der Waals surface area contributed by atoms with E-state index in [1.807, 2.05) is 0 Å². The molecule has 0 saturated heterocycles. The number of rotatable bonds is 3. The van der Waals surface area contributed by atoms with E-state index in [2.05, 4.69) is 16.0 Å². The highest BCUT2D eigenvalue weighted by atomic mass is 32.2. The van der Waals surface area contributed by atoms with Crippen molar-refractivity contribution >= 4 is 11.8 Å². The van der Waals surface area contributed by atoms with Crippen molar-refractivity contribution in [1.29, 1.82) is 5.26 Å². The molecule has 2 rings (SSSR count). The molecule has 0 N–H and O–H groups in total.